The van der Waals surface area contributed by atoms with E-state index in [0.717, 1.165) is 23.9 Å². The molecule has 9 aliphatic rings. The number of aldehydes is 1. The Kier molecular flexibility index (Phi) is 7.27. The third kappa shape index (κ3) is 3.69. The van der Waals surface area contributed by atoms with Gasteiger partial charge in [-0.1, -0.05) is 38.7 Å². The second-order valence-electron chi connectivity index (χ2n) is 18.4. The van der Waals surface area contributed by atoms with Gasteiger partial charge in [0.1, 0.15) is 17.5 Å². The van der Waals surface area contributed by atoms with Crippen LogP contribution in [-0.4, -0.2) is 86.0 Å². The van der Waals surface area contributed by atoms with Crippen LogP contribution in [0.1, 0.15) is 103 Å². The van der Waals surface area contributed by atoms with E-state index in [2.05, 4.69) is 18.3 Å². The summed E-state index contributed by atoms with van der Waals surface area (Å²) in [5.41, 5.74) is -6.80. The lowest BCUT2D eigenvalue weighted by Gasteiger charge is -2.73. The van der Waals surface area contributed by atoms with E-state index in [0.29, 0.717) is 69.7 Å². The number of aliphatic hydroxyl groups excluding tert-OH is 2. The maximum atomic E-state index is 13.9. The van der Waals surface area contributed by atoms with Crippen molar-refractivity contribution in [2.75, 3.05) is 13.6 Å². The lowest BCUT2D eigenvalue weighted by Crippen LogP contribution is -2.85. The fourth-order valence-corrected chi connectivity index (χ4v) is 15.5. The van der Waals surface area contributed by atoms with E-state index in [1.54, 1.807) is 6.08 Å². The third-order valence-corrected chi connectivity index (χ3v) is 17.4. The number of ether oxygens (including phenoxy) is 1. The Morgan fingerprint density at radius 2 is 1.71 bits per heavy atom. The number of hydrogen-bond acceptors (Lipinski definition) is 9. The number of carbonyl (C=O) groups excluding carboxylic acids is 2. The minimum atomic E-state index is -2.08. The Hall–Kier alpha value is -1.62. The zero-order valence-electron chi connectivity index (χ0n) is 29.3. The average molecular weight is 680 g/mol. The fourth-order valence-electron chi connectivity index (χ4n) is 15.5. The Morgan fingerprint density at radius 1 is 0.939 bits per heavy atom. The summed E-state index contributed by atoms with van der Waals surface area (Å²) >= 11 is 0. The molecule has 8 aliphatic carbocycles. The summed E-state index contributed by atoms with van der Waals surface area (Å²) in [7, 11) is 1.87. The van der Waals surface area contributed by atoms with E-state index in [1.165, 1.54) is 25.7 Å². The fraction of sp³-hybridized carbons (Fsp3) is 0.850. The van der Waals surface area contributed by atoms with E-state index in [4.69, 9.17) is 4.74 Å². The van der Waals surface area contributed by atoms with Crippen molar-refractivity contribution >= 4 is 12.3 Å². The van der Waals surface area contributed by atoms with Gasteiger partial charge in [-0.05, 0) is 118 Å². The molecule has 9 rings (SSSR count). The van der Waals surface area contributed by atoms with Crippen LogP contribution in [0.4, 0.5) is 0 Å². The molecular formula is C40H57NO8. The molecule has 9 heteroatoms. The first-order valence-electron chi connectivity index (χ1n) is 19.7. The number of hydrogen-bond donors (Lipinski definition) is 6. The number of fused-ring (bicyclic) bond motifs is 3. The van der Waals surface area contributed by atoms with Gasteiger partial charge >= 0.3 is 5.97 Å². The second-order valence-corrected chi connectivity index (χ2v) is 18.4. The van der Waals surface area contributed by atoms with Crippen molar-refractivity contribution in [3.8, 4) is 0 Å². The van der Waals surface area contributed by atoms with Crippen LogP contribution >= 0.6 is 0 Å². The van der Waals surface area contributed by atoms with Gasteiger partial charge in [-0.2, -0.15) is 0 Å². The van der Waals surface area contributed by atoms with Crippen LogP contribution in [0.3, 0.4) is 0 Å². The van der Waals surface area contributed by atoms with Gasteiger partial charge in [0.25, 0.3) is 0 Å². The number of carbonyl (C=O) groups is 2. The van der Waals surface area contributed by atoms with Crippen molar-refractivity contribution in [1.29, 1.82) is 0 Å². The lowest BCUT2D eigenvalue weighted by atomic mass is 9.35. The van der Waals surface area contributed by atoms with Gasteiger partial charge in [0.15, 0.2) is 5.60 Å². The van der Waals surface area contributed by atoms with Crippen molar-refractivity contribution in [1.82, 2.24) is 5.32 Å². The number of rotatable bonds is 5. The van der Waals surface area contributed by atoms with Crippen LogP contribution in [0.2, 0.25) is 0 Å². The number of nitrogens with one attached hydrogen (secondary N) is 1. The molecule has 0 radical (unpaired) electrons. The van der Waals surface area contributed by atoms with Crippen molar-refractivity contribution < 1.29 is 39.9 Å². The molecule has 1 aliphatic heterocycles. The first kappa shape index (κ1) is 33.2. The van der Waals surface area contributed by atoms with Crippen molar-refractivity contribution in [3.63, 3.8) is 0 Å². The van der Waals surface area contributed by atoms with Gasteiger partial charge < -0.3 is 40.4 Å². The van der Waals surface area contributed by atoms with Crippen LogP contribution in [-0.2, 0) is 14.3 Å². The summed E-state index contributed by atoms with van der Waals surface area (Å²) in [5, 5.41) is 68.4. The summed E-state index contributed by atoms with van der Waals surface area (Å²) in [6, 6.07) is 0. The Labute approximate surface area is 289 Å². The normalized spacial score (nSPS) is 55.0. The van der Waals surface area contributed by atoms with E-state index in [9.17, 15) is 35.1 Å². The molecule has 270 valence electrons. The number of aliphatic hydroxyl groups is 5. The topological polar surface area (TPSA) is 157 Å². The number of likely N-dealkylation sites (N-methyl/N-ethyl adjacent to an activating group) is 1. The third-order valence-electron chi connectivity index (χ3n) is 17.4. The van der Waals surface area contributed by atoms with Gasteiger partial charge in [0, 0.05) is 35.8 Å². The van der Waals surface area contributed by atoms with Gasteiger partial charge in [-0.3, -0.25) is 0 Å². The maximum absolute atomic E-state index is 13.9. The van der Waals surface area contributed by atoms with Crippen molar-refractivity contribution in [3.05, 3.63) is 23.3 Å². The van der Waals surface area contributed by atoms with Crippen LogP contribution in [0, 0.1) is 58.2 Å². The minimum Gasteiger partial charge on any atom is -0.447 e. The highest BCUT2D eigenvalue weighted by Crippen LogP contribution is 2.78. The smallest absolute Gasteiger partial charge is 0.332 e. The molecule has 7 fully saturated rings. The van der Waals surface area contributed by atoms with Gasteiger partial charge in [-0.15, -0.1) is 0 Å². The Bertz CT molecular complexity index is 1490. The summed E-state index contributed by atoms with van der Waals surface area (Å²) < 4.78 is 6.19. The largest absolute Gasteiger partial charge is 0.447 e. The molecule has 1 spiro atoms. The number of allylic oxidation sites excluding steroid dienone is 1. The Morgan fingerprint density at radius 3 is 2.45 bits per heavy atom. The molecule has 9 nitrogen and oxygen atoms in total. The highest BCUT2D eigenvalue weighted by atomic mass is 16.6. The average Bonchev–Trinajstić information content (AvgIpc) is 3.74. The molecule has 0 aromatic rings. The molecule has 2 bridgehead atoms. The maximum Gasteiger partial charge on any atom is 0.332 e. The van der Waals surface area contributed by atoms with Gasteiger partial charge in [0.2, 0.25) is 0 Å². The van der Waals surface area contributed by atoms with Gasteiger partial charge in [-0.25, -0.2) is 4.79 Å². The molecule has 0 saturated heterocycles. The monoisotopic (exact) mass is 679 g/mol. The summed E-state index contributed by atoms with van der Waals surface area (Å²) in [6.45, 7) is 2.83. The summed E-state index contributed by atoms with van der Waals surface area (Å²) in [4.78, 5) is 26.9. The molecule has 0 amide bonds. The molecule has 0 aromatic carbocycles. The molecule has 0 unspecified atom stereocenters. The molecule has 15 atom stereocenters. The quantitative estimate of drug-likeness (QED) is 0.146. The predicted octanol–water partition coefficient (Wildman–Crippen LogP) is 3.35. The summed E-state index contributed by atoms with van der Waals surface area (Å²) in [6.07, 6.45) is 12.5. The Balaban J connectivity index is 1.21. The molecule has 1 heterocycles. The minimum absolute atomic E-state index is 0.157. The highest BCUT2D eigenvalue weighted by molar-refractivity contribution is 5.88. The molecule has 7 saturated carbocycles. The summed E-state index contributed by atoms with van der Waals surface area (Å²) in [5.74, 6) is -2.09. The van der Waals surface area contributed by atoms with E-state index in [-0.39, 0.29) is 36.6 Å². The van der Waals surface area contributed by atoms with Crippen LogP contribution < -0.4 is 5.32 Å². The van der Waals surface area contributed by atoms with E-state index >= 15 is 0 Å². The molecular weight excluding hydrogens is 622 g/mol. The SMILES string of the molecule is CNCC1=C[C@@H]2C[C@@]3(O)[C@]4(CCC[C@@]15OC(=O)C=C5[C@@H]24)CC[C@H]1[C@@]3(O)[C@@H](O)[C@@H]2C[C@@H]([C@@H](C)C3CCCC3)CC[C@@H]3[C@@H](O)CC[C@@]1(C=O)[C@@]32O. The standard InChI is InChI=1S/C40H57NO8/c1-22(23-6-3-4-7-23)24-8-9-27-30(43)10-14-36(21-42)31-11-15-35-12-5-13-37-26(20-41-2)16-25(33(35)28(37)18-32(44)49-37)19-38(35,46)40(31,48)34(45)29(17-24)39(27,36)47/h16,18,21-25,27,29-31,33-34,41,43,45-48H,3-15,17,19-20H2,1-2H3/t22-,24-,25+,27+,29-,30-,31+,33+,34-,35+,36-,37+,38+,39+,40+/m0/s1. The van der Waals surface area contributed by atoms with Crippen molar-refractivity contribution in [2.45, 2.75) is 138 Å². The van der Waals surface area contributed by atoms with Crippen LogP contribution in [0.15, 0.2) is 23.3 Å². The highest BCUT2D eigenvalue weighted by Gasteiger charge is 2.85. The van der Waals surface area contributed by atoms with Crippen molar-refractivity contribution in [2.24, 2.45) is 58.2 Å². The zero-order valence-corrected chi connectivity index (χ0v) is 29.3. The molecule has 0 aromatic heterocycles. The van der Waals surface area contributed by atoms with Gasteiger partial charge in [0.05, 0.1) is 23.2 Å². The lowest BCUT2D eigenvalue weighted by molar-refractivity contribution is -0.375. The molecule has 6 N–H and O–H groups in total. The zero-order chi connectivity index (χ0) is 34.4. The first-order chi connectivity index (χ1) is 23.4. The van der Waals surface area contributed by atoms with E-state index in [1.807, 2.05) is 7.05 Å². The van der Waals surface area contributed by atoms with E-state index < -0.39 is 63.2 Å². The van der Waals surface area contributed by atoms with Crippen LogP contribution in [0.25, 0.3) is 0 Å². The molecule has 49 heavy (non-hydrogen) atoms. The second kappa shape index (κ2) is 10.7. The van der Waals surface area contributed by atoms with Crippen LogP contribution in [0.5, 0.6) is 0 Å². The predicted molar refractivity (Wildman–Crippen MR) is 180 cm³/mol. The number of esters is 1. The first-order valence-corrected chi connectivity index (χ1v) is 19.7.